The summed E-state index contributed by atoms with van der Waals surface area (Å²) in [6.45, 7) is 0. The van der Waals surface area contributed by atoms with Gasteiger partial charge in [-0.15, -0.1) is 23.1 Å². The Bertz CT molecular complexity index is 342. The third-order valence-electron chi connectivity index (χ3n) is 1.60. The average Bonchev–Trinajstić information content (AvgIpc) is 2.69. The maximum Gasteiger partial charge on any atom is 0.0404 e. The van der Waals surface area contributed by atoms with Crippen molar-refractivity contribution in [2.75, 3.05) is 0 Å². The Morgan fingerprint density at radius 1 is 1.31 bits per heavy atom. The van der Waals surface area contributed by atoms with Gasteiger partial charge in [-0.2, -0.15) is 0 Å². The van der Waals surface area contributed by atoms with Crippen LogP contribution in [0.2, 0.25) is 0 Å². The molecule has 0 saturated heterocycles. The highest BCUT2D eigenvalue weighted by Gasteiger charge is 1.95. The Morgan fingerprint density at radius 2 is 2.31 bits per heavy atom. The first-order valence-electron chi connectivity index (χ1n) is 4.00. The van der Waals surface area contributed by atoms with Crippen LogP contribution in [0.15, 0.2) is 46.9 Å². The highest BCUT2D eigenvalue weighted by molar-refractivity contribution is 7.98. The summed E-state index contributed by atoms with van der Waals surface area (Å²) in [5.74, 6) is 1.04. The van der Waals surface area contributed by atoms with Gasteiger partial charge in [-0.05, 0) is 23.6 Å². The van der Waals surface area contributed by atoms with Gasteiger partial charge in [0.25, 0.3) is 0 Å². The average molecular weight is 207 g/mol. The smallest absolute Gasteiger partial charge is 0.0404 e. The number of thioether (sulfide) groups is 1. The Balaban J connectivity index is 1.94. The topological polar surface area (TPSA) is 12.9 Å². The number of pyridine rings is 1. The molecule has 2 aromatic heterocycles. The van der Waals surface area contributed by atoms with E-state index >= 15 is 0 Å². The predicted molar refractivity (Wildman–Crippen MR) is 58.1 cm³/mol. The molecule has 2 rings (SSSR count). The first-order valence-corrected chi connectivity index (χ1v) is 5.87. The van der Waals surface area contributed by atoms with Crippen molar-refractivity contribution >= 4 is 23.1 Å². The van der Waals surface area contributed by atoms with E-state index in [-0.39, 0.29) is 0 Å². The second kappa shape index (κ2) is 4.44. The van der Waals surface area contributed by atoms with Gasteiger partial charge in [0.15, 0.2) is 0 Å². The fraction of sp³-hybridized carbons (Fsp3) is 0.100. The van der Waals surface area contributed by atoms with Gasteiger partial charge in [0.05, 0.1) is 0 Å². The summed E-state index contributed by atoms with van der Waals surface area (Å²) >= 11 is 3.63. The van der Waals surface area contributed by atoms with Crippen molar-refractivity contribution in [1.29, 1.82) is 0 Å². The lowest BCUT2D eigenvalue weighted by atomic mass is 10.5. The lowest BCUT2D eigenvalue weighted by Crippen LogP contribution is -1.75. The maximum absolute atomic E-state index is 4.07. The minimum Gasteiger partial charge on any atom is -0.264 e. The SMILES string of the molecule is c1cncc(SCc2cccs2)c1. The van der Waals surface area contributed by atoms with E-state index in [4.69, 9.17) is 0 Å². The summed E-state index contributed by atoms with van der Waals surface area (Å²) in [5.41, 5.74) is 0. The molecule has 0 aliphatic rings. The van der Waals surface area contributed by atoms with E-state index in [0.717, 1.165) is 5.75 Å². The standard InChI is InChI=1S/C10H9NS2/c1-3-9(7-11-5-1)13-8-10-4-2-6-12-10/h1-7H,8H2. The van der Waals surface area contributed by atoms with Crippen molar-refractivity contribution in [2.24, 2.45) is 0 Å². The van der Waals surface area contributed by atoms with Crippen LogP contribution < -0.4 is 0 Å². The zero-order chi connectivity index (χ0) is 8.93. The van der Waals surface area contributed by atoms with Crippen LogP contribution >= 0.6 is 23.1 Å². The quantitative estimate of drug-likeness (QED) is 0.715. The van der Waals surface area contributed by atoms with Gasteiger partial charge in [-0.25, -0.2) is 0 Å². The van der Waals surface area contributed by atoms with E-state index in [1.165, 1.54) is 9.77 Å². The van der Waals surface area contributed by atoms with Crippen molar-refractivity contribution in [3.63, 3.8) is 0 Å². The monoisotopic (exact) mass is 207 g/mol. The molecule has 1 nitrogen and oxygen atoms in total. The molecule has 0 aliphatic heterocycles. The molecule has 0 amide bonds. The van der Waals surface area contributed by atoms with E-state index < -0.39 is 0 Å². The van der Waals surface area contributed by atoms with Gasteiger partial charge in [0, 0.05) is 27.9 Å². The summed E-state index contributed by atoms with van der Waals surface area (Å²) in [7, 11) is 0. The fourth-order valence-corrected chi connectivity index (χ4v) is 2.63. The molecule has 0 aromatic carbocycles. The molecule has 0 unspecified atom stereocenters. The van der Waals surface area contributed by atoms with E-state index in [9.17, 15) is 0 Å². The third-order valence-corrected chi connectivity index (χ3v) is 3.68. The number of hydrogen-bond acceptors (Lipinski definition) is 3. The highest BCUT2D eigenvalue weighted by atomic mass is 32.2. The first kappa shape index (κ1) is 8.78. The molecule has 0 radical (unpaired) electrons. The second-order valence-electron chi connectivity index (χ2n) is 2.56. The van der Waals surface area contributed by atoms with Crippen molar-refractivity contribution in [2.45, 2.75) is 10.6 Å². The van der Waals surface area contributed by atoms with Gasteiger partial charge in [0.2, 0.25) is 0 Å². The molecule has 66 valence electrons. The molecule has 0 saturated carbocycles. The summed E-state index contributed by atoms with van der Waals surface area (Å²) < 4.78 is 0. The minimum atomic E-state index is 1.04. The Kier molecular flexibility index (Phi) is 3.00. The molecule has 2 heterocycles. The lowest BCUT2D eigenvalue weighted by molar-refractivity contribution is 1.24. The summed E-state index contributed by atoms with van der Waals surface area (Å²) in [4.78, 5) is 6.71. The minimum absolute atomic E-state index is 1.04. The molecule has 0 spiro atoms. The first-order chi connectivity index (χ1) is 6.45. The number of hydrogen-bond donors (Lipinski definition) is 0. The predicted octanol–water partition coefficient (Wildman–Crippen LogP) is 3.44. The molecule has 0 bridgehead atoms. The molecule has 3 heteroatoms. The summed E-state index contributed by atoms with van der Waals surface area (Å²) in [6, 6.07) is 8.31. The molecule has 2 aromatic rings. The zero-order valence-electron chi connectivity index (χ0n) is 7.01. The van der Waals surface area contributed by atoms with Crippen LogP contribution in [-0.4, -0.2) is 4.98 Å². The Morgan fingerprint density at radius 3 is 3.00 bits per heavy atom. The molecule has 0 aliphatic carbocycles. The fourth-order valence-electron chi connectivity index (χ4n) is 0.982. The number of aromatic nitrogens is 1. The molecule has 0 fully saturated rings. The van der Waals surface area contributed by atoms with Gasteiger partial charge in [-0.1, -0.05) is 6.07 Å². The van der Waals surface area contributed by atoms with E-state index in [2.05, 4.69) is 28.6 Å². The number of nitrogens with zero attached hydrogens (tertiary/aromatic N) is 1. The van der Waals surface area contributed by atoms with Gasteiger partial charge < -0.3 is 0 Å². The van der Waals surface area contributed by atoms with Crippen LogP contribution in [0.25, 0.3) is 0 Å². The van der Waals surface area contributed by atoms with Crippen molar-refractivity contribution in [3.05, 3.63) is 46.9 Å². The van der Waals surface area contributed by atoms with Crippen LogP contribution in [0.1, 0.15) is 4.88 Å². The van der Waals surface area contributed by atoms with Gasteiger partial charge in [-0.3, -0.25) is 4.98 Å². The number of rotatable bonds is 3. The number of thiophene rings is 1. The third kappa shape index (κ3) is 2.57. The molecular formula is C10H9NS2. The lowest BCUT2D eigenvalue weighted by Gasteiger charge is -1.97. The molecule has 0 N–H and O–H groups in total. The molecular weight excluding hydrogens is 198 g/mol. The van der Waals surface area contributed by atoms with Crippen LogP contribution in [-0.2, 0) is 5.75 Å². The normalized spacial score (nSPS) is 10.2. The van der Waals surface area contributed by atoms with Gasteiger partial charge in [0.1, 0.15) is 0 Å². The van der Waals surface area contributed by atoms with Crippen molar-refractivity contribution < 1.29 is 0 Å². The van der Waals surface area contributed by atoms with E-state index in [0.29, 0.717) is 0 Å². The maximum atomic E-state index is 4.07. The van der Waals surface area contributed by atoms with E-state index in [1.807, 2.05) is 24.0 Å². The van der Waals surface area contributed by atoms with Crippen LogP contribution in [0.3, 0.4) is 0 Å². The largest absolute Gasteiger partial charge is 0.264 e. The highest BCUT2D eigenvalue weighted by Crippen LogP contribution is 2.23. The van der Waals surface area contributed by atoms with Crippen LogP contribution in [0.4, 0.5) is 0 Å². The van der Waals surface area contributed by atoms with Crippen LogP contribution in [0.5, 0.6) is 0 Å². The molecule has 0 atom stereocenters. The summed E-state index contributed by atoms with van der Waals surface area (Å²) in [5, 5.41) is 2.11. The Labute approximate surface area is 85.8 Å². The zero-order valence-corrected chi connectivity index (χ0v) is 8.65. The van der Waals surface area contributed by atoms with Crippen LogP contribution in [0, 0.1) is 0 Å². The Hall–Kier alpha value is -0.800. The second-order valence-corrected chi connectivity index (χ2v) is 4.64. The summed E-state index contributed by atoms with van der Waals surface area (Å²) in [6.07, 6.45) is 3.70. The molecule has 13 heavy (non-hydrogen) atoms. The van der Waals surface area contributed by atoms with Crippen molar-refractivity contribution in [1.82, 2.24) is 4.98 Å². The van der Waals surface area contributed by atoms with E-state index in [1.54, 1.807) is 17.5 Å². The van der Waals surface area contributed by atoms with Crippen molar-refractivity contribution in [3.8, 4) is 0 Å². The van der Waals surface area contributed by atoms with Gasteiger partial charge >= 0.3 is 0 Å².